The summed E-state index contributed by atoms with van der Waals surface area (Å²) in [5, 5.41) is 8.22. The first-order chi connectivity index (χ1) is 16.0. The van der Waals surface area contributed by atoms with E-state index in [4.69, 9.17) is 20.9 Å². The fourth-order valence-electron chi connectivity index (χ4n) is 4.21. The van der Waals surface area contributed by atoms with Crippen LogP contribution in [0.2, 0.25) is 4.34 Å². The molecular formula is C24H25ClN4O3S. The molecule has 1 fully saturated rings. The molecule has 7 nitrogen and oxygen atoms in total. The SMILES string of the molecule is CC(C)N1CC[C@@H](NC(=O)Oc2cc3ccccc3n2Cc2cc(-c3ccc(Cl)s3)on2)C1. The first-order valence-corrected chi connectivity index (χ1v) is 12.2. The summed E-state index contributed by atoms with van der Waals surface area (Å²) in [4.78, 5) is 16.0. The zero-order chi connectivity index (χ0) is 22.9. The van der Waals surface area contributed by atoms with Crippen LogP contribution in [0.1, 0.15) is 26.0 Å². The molecule has 9 heteroatoms. The van der Waals surface area contributed by atoms with Gasteiger partial charge in [-0.25, -0.2) is 4.79 Å². The van der Waals surface area contributed by atoms with Gasteiger partial charge in [-0.05, 0) is 38.5 Å². The van der Waals surface area contributed by atoms with E-state index in [1.165, 1.54) is 11.3 Å². The van der Waals surface area contributed by atoms with Crippen molar-refractivity contribution in [2.75, 3.05) is 13.1 Å². The Hall–Kier alpha value is -2.81. The lowest BCUT2D eigenvalue weighted by atomic mass is 10.2. The average molecular weight is 485 g/mol. The first-order valence-electron chi connectivity index (χ1n) is 11.0. The molecule has 0 radical (unpaired) electrons. The lowest BCUT2D eigenvalue weighted by Gasteiger charge is -2.20. The van der Waals surface area contributed by atoms with Gasteiger partial charge >= 0.3 is 6.09 Å². The summed E-state index contributed by atoms with van der Waals surface area (Å²) in [6.45, 7) is 6.56. The normalized spacial score (nSPS) is 16.7. The number of aromatic nitrogens is 2. The van der Waals surface area contributed by atoms with E-state index in [9.17, 15) is 4.79 Å². The number of para-hydroxylation sites is 1. The zero-order valence-corrected chi connectivity index (χ0v) is 20.0. The molecule has 1 N–H and O–H groups in total. The Labute approximate surface area is 200 Å². The van der Waals surface area contributed by atoms with E-state index in [1.54, 1.807) is 0 Å². The van der Waals surface area contributed by atoms with E-state index in [0.29, 0.717) is 28.6 Å². The number of fused-ring (bicyclic) bond motifs is 1. The number of hydrogen-bond donors (Lipinski definition) is 1. The summed E-state index contributed by atoms with van der Waals surface area (Å²) in [5.41, 5.74) is 1.68. The zero-order valence-electron chi connectivity index (χ0n) is 18.5. The van der Waals surface area contributed by atoms with Crippen molar-refractivity contribution in [2.45, 2.75) is 38.9 Å². The number of ether oxygens (including phenoxy) is 1. The van der Waals surface area contributed by atoms with Crippen molar-refractivity contribution in [3.8, 4) is 16.5 Å². The van der Waals surface area contributed by atoms with Gasteiger partial charge in [0.1, 0.15) is 5.69 Å². The van der Waals surface area contributed by atoms with Crippen LogP contribution in [0.25, 0.3) is 21.5 Å². The lowest BCUT2D eigenvalue weighted by molar-refractivity contribution is 0.191. The molecule has 1 aliphatic heterocycles. The highest BCUT2D eigenvalue weighted by Gasteiger charge is 2.26. The van der Waals surface area contributed by atoms with Crippen molar-refractivity contribution in [3.63, 3.8) is 0 Å². The van der Waals surface area contributed by atoms with Gasteiger partial charge in [-0.1, -0.05) is 35.0 Å². The molecule has 172 valence electrons. The largest absolute Gasteiger partial charge is 0.414 e. The van der Waals surface area contributed by atoms with Gasteiger partial charge in [0.2, 0.25) is 5.88 Å². The molecule has 0 spiro atoms. The van der Waals surface area contributed by atoms with Gasteiger partial charge < -0.3 is 19.1 Å². The van der Waals surface area contributed by atoms with E-state index in [1.807, 2.05) is 53.1 Å². The van der Waals surface area contributed by atoms with Gasteiger partial charge in [0, 0.05) is 42.7 Å². The maximum Gasteiger partial charge on any atom is 0.414 e. The summed E-state index contributed by atoms with van der Waals surface area (Å²) in [5.74, 6) is 1.13. The Balaban J connectivity index is 1.35. The van der Waals surface area contributed by atoms with E-state index in [2.05, 4.69) is 29.2 Å². The number of rotatable bonds is 6. The summed E-state index contributed by atoms with van der Waals surface area (Å²) in [6.07, 6.45) is 0.480. The monoisotopic (exact) mass is 484 g/mol. The van der Waals surface area contributed by atoms with Crippen LogP contribution in [-0.2, 0) is 6.54 Å². The predicted octanol–water partition coefficient (Wildman–Crippen LogP) is 5.63. The number of likely N-dealkylation sites (tertiary alicyclic amines) is 1. The van der Waals surface area contributed by atoms with Crippen LogP contribution >= 0.6 is 22.9 Å². The topological polar surface area (TPSA) is 72.5 Å². The van der Waals surface area contributed by atoms with Crippen LogP contribution in [0.15, 0.2) is 53.1 Å². The Bertz CT molecular complexity index is 1280. The molecule has 0 saturated carbocycles. The van der Waals surface area contributed by atoms with Crippen molar-refractivity contribution >= 4 is 39.9 Å². The van der Waals surface area contributed by atoms with Crippen molar-refractivity contribution in [2.24, 2.45) is 0 Å². The van der Waals surface area contributed by atoms with Gasteiger partial charge in [0.05, 0.1) is 21.3 Å². The molecule has 0 unspecified atom stereocenters. The second-order valence-electron chi connectivity index (χ2n) is 8.52. The smallest absolute Gasteiger partial charge is 0.393 e. The molecule has 4 heterocycles. The minimum atomic E-state index is -0.441. The van der Waals surface area contributed by atoms with Crippen LogP contribution in [0.4, 0.5) is 4.79 Å². The molecule has 33 heavy (non-hydrogen) atoms. The Morgan fingerprint density at radius 3 is 2.91 bits per heavy atom. The van der Waals surface area contributed by atoms with Crippen molar-refractivity contribution in [1.82, 2.24) is 19.9 Å². The second-order valence-corrected chi connectivity index (χ2v) is 10.2. The number of halogens is 1. The van der Waals surface area contributed by atoms with E-state index in [-0.39, 0.29) is 6.04 Å². The third kappa shape index (κ3) is 4.78. The first kappa shape index (κ1) is 22.0. The van der Waals surface area contributed by atoms with Crippen molar-refractivity contribution in [1.29, 1.82) is 0 Å². The van der Waals surface area contributed by atoms with Crippen LogP contribution in [0.5, 0.6) is 5.88 Å². The minimum absolute atomic E-state index is 0.0912. The molecule has 0 aliphatic carbocycles. The Morgan fingerprint density at radius 2 is 2.15 bits per heavy atom. The summed E-state index contributed by atoms with van der Waals surface area (Å²) >= 11 is 7.48. The average Bonchev–Trinajstić information content (AvgIpc) is 3.56. The number of thiophene rings is 1. The number of nitrogens with zero attached hydrogens (tertiary/aromatic N) is 3. The van der Waals surface area contributed by atoms with Gasteiger partial charge in [-0.3, -0.25) is 4.90 Å². The van der Waals surface area contributed by atoms with Gasteiger partial charge in [-0.15, -0.1) is 11.3 Å². The summed E-state index contributed by atoms with van der Waals surface area (Å²) in [7, 11) is 0. The highest BCUT2D eigenvalue weighted by atomic mass is 35.5. The quantitative estimate of drug-likeness (QED) is 0.384. The fraction of sp³-hybridized carbons (Fsp3) is 0.333. The number of carbonyl (C=O) groups excluding carboxylic acids is 1. The molecule has 1 amide bonds. The van der Waals surface area contributed by atoms with Crippen molar-refractivity contribution in [3.05, 3.63) is 58.6 Å². The van der Waals surface area contributed by atoms with Crippen LogP contribution in [0.3, 0.4) is 0 Å². The standard InChI is InChI=1S/C24H25ClN4O3S/c1-15(2)28-10-9-17(13-28)26-24(30)31-23-11-16-5-3-4-6-19(16)29(23)14-18-12-20(32-27-18)21-7-8-22(25)33-21/h3-8,11-12,15,17H,9-10,13-14H2,1-2H3,(H,26,30)/t17-/m1/s1. The molecule has 5 rings (SSSR count). The maximum absolute atomic E-state index is 12.7. The van der Waals surface area contributed by atoms with Crippen LogP contribution in [0, 0.1) is 0 Å². The Morgan fingerprint density at radius 1 is 1.30 bits per heavy atom. The van der Waals surface area contributed by atoms with Gasteiger partial charge in [0.15, 0.2) is 5.76 Å². The van der Waals surface area contributed by atoms with Gasteiger partial charge in [0.25, 0.3) is 0 Å². The molecule has 3 aromatic heterocycles. The minimum Gasteiger partial charge on any atom is -0.393 e. The number of benzene rings is 1. The highest BCUT2D eigenvalue weighted by molar-refractivity contribution is 7.19. The summed E-state index contributed by atoms with van der Waals surface area (Å²) in [6, 6.07) is 16.0. The van der Waals surface area contributed by atoms with Crippen molar-refractivity contribution < 1.29 is 14.1 Å². The van der Waals surface area contributed by atoms with E-state index in [0.717, 1.165) is 41.0 Å². The fourth-order valence-corrected chi connectivity index (χ4v) is 5.20. The number of hydrogen-bond acceptors (Lipinski definition) is 6. The molecular weight excluding hydrogens is 460 g/mol. The molecule has 1 aliphatic rings. The summed E-state index contributed by atoms with van der Waals surface area (Å²) < 4.78 is 13.9. The maximum atomic E-state index is 12.7. The predicted molar refractivity (Wildman–Crippen MR) is 130 cm³/mol. The number of carbonyl (C=O) groups is 1. The van der Waals surface area contributed by atoms with E-state index >= 15 is 0 Å². The van der Waals surface area contributed by atoms with Crippen LogP contribution in [-0.4, -0.2) is 45.9 Å². The highest BCUT2D eigenvalue weighted by Crippen LogP contribution is 2.32. The lowest BCUT2D eigenvalue weighted by Crippen LogP contribution is -2.40. The molecule has 4 aromatic rings. The number of amides is 1. The molecule has 1 atom stereocenters. The third-order valence-electron chi connectivity index (χ3n) is 5.94. The van der Waals surface area contributed by atoms with E-state index < -0.39 is 6.09 Å². The third-order valence-corrected chi connectivity index (χ3v) is 7.18. The van der Waals surface area contributed by atoms with Crippen LogP contribution < -0.4 is 10.1 Å². The number of nitrogens with one attached hydrogen (secondary N) is 1. The molecule has 1 aromatic carbocycles. The van der Waals surface area contributed by atoms with Gasteiger partial charge in [-0.2, -0.15) is 0 Å². The molecule has 0 bridgehead atoms. The molecule has 1 saturated heterocycles. The second kappa shape index (κ2) is 9.21. The Kier molecular flexibility index (Phi) is 6.14.